The van der Waals surface area contributed by atoms with E-state index in [0.29, 0.717) is 5.78 Å². The molecule has 1 atom stereocenters. The maximum Gasteiger partial charge on any atom is 0.166 e. The number of hydrogen-bond donors (Lipinski definition) is 1. The SMILES string of the molecule is O=C(C1=COCCC1)C1CCNC1. The Morgan fingerprint density at radius 1 is 1.62 bits per heavy atom. The van der Waals surface area contributed by atoms with E-state index in [0.717, 1.165) is 44.5 Å². The lowest BCUT2D eigenvalue weighted by Crippen LogP contribution is -2.21. The molecule has 1 N–H and O–H groups in total. The van der Waals surface area contributed by atoms with Crippen molar-refractivity contribution in [3.8, 4) is 0 Å². The van der Waals surface area contributed by atoms with Crippen LogP contribution < -0.4 is 5.32 Å². The van der Waals surface area contributed by atoms with E-state index in [2.05, 4.69) is 5.32 Å². The van der Waals surface area contributed by atoms with Gasteiger partial charge in [-0.3, -0.25) is 4.79 Å². The van der Waals surface area contributed by atoms with Crippen LogP contribution >= 0.6 is 0 Å². The molecule has 0 amide bonds. The van der Waals surface area contributed by atoms with Gasteiger partial charge >= 0.3 is 0 Å². The predicted molar refractivity (Wildman–Crippen MR) is 49.3 cm³/mol. The van der Waals surface area contributed by atoms with Crippen molar-refractivity contribution in [3.63, 3.8) is 0 Å². The van der Waals surface area contributed by atoms with Gasteiger partial charge in [0.15, 0.2) is 5.78 Å². The highest BCUT2D eigenvalue weighted by Gasteiger charge is 2.25. The summed E-state index contributed by atoms with van der Waals surface area (Å²) in [5.41, 5.74) is 0.889. The Bertz CT molecular complexity index is 229. The molecular formula is C10H15NO2. The Balaban J connectivity index is 1.98. The van der Waals surface area contributed by atoms with Crippen LogP contribution in [0.5, 0.6) is 0 Å². The lowest BCUT2D eigenvalue weighted by atomic mass is 9.94. The van der Waals surface area contributed by atoms with E-state index in [1.54, 1.807) is 6.26 Å². The van der Waals surface area contributed by atoms with Gasteiger partial charge in [-0.05, 0) is 25.8 Å². The molecule has 0 saturated carbocycles. The average Bonchev–Trinajstić information content (AvgIpc) is 2.71. The highest BCUT2D eigenvalue weighted by molar-refractivity contribution is 5.97. The van der Waals surface area contributed by atoms with E-state index < -0.39 is 0 Å². The van der Waals surface area contributed by atoms with Crippen molar-refractivity contribution in [2.24, 2.45) is 5.92 Å². The second-order valence-corrected chi connectivity index (χ2v) is 3.67. The fourth-order valence-electron chi connectivity index (χ4n) is 1.89. The van der Waals surface area contributed by atoms with Gasteiger partial charge < -0.3 is 10.1 Å². The third-order valence-electron chi connectivity index (χ3n) is 2.68. The molecular weight excluding hydrogens is 166 g/mol. The van der Waals surface area contributed by atoms with Crippen LogP contribution in [0.15, 0.2) is 11.8 Å². The van der Waals surface area contributed by atoms with Gasteiger partial charge in [0.2, 0.25) is 0 Å². The third-order valence-corrected chi connectivity index (χ3v) is 2.68. The first kappa shape index (κ1) is 8.75. The summed E-state index contributed by atoms with van der Waals surface area (Å²) < 4.78 is 5.16. The van der Waals surface area contributed by atoms with Crippen LogP contribution in [0.1, 0.15) is 19.3 Å². The average molecular weight is 181 g/mol. The molecule has 0 aliphatic carbocycles. The zero-order valence-corrected chi connectivity index (χ0v) is 7.71. The first-order chi connectivity index (χ1) is 6.38. The molecule has 1 fully saturated rings. The molecule has 2 aliphatic heterocycles. The van der Waals surface area contributed by atoms with Crippen molar-refractivity contribution in [3.05, 3.63) is 11.8 Å². The standard InChI is InChI=1S/C10H15NO2/c12-10(8-3-4-11-6-8)9-2-1-5-13-7-9/h7-8,11H,1-6H2. The summed E-state index contributed by atoms with van der Waals surface area (Å²) in [5.74, 6) is 0.498. The smallest absolute Gasteiger partial charge is 0.166 e. The van der Waals surface area contributed by atoms with Crippen LogP contribution in [0.4, 0.5) is 0 Å². The minimum atomic E-state index is 0.202. The molecule has 0 aromatic heterocycles. The van der Waals surface area contributed by atoms with Gasteiger partial charge in [-0.15, -0.1) is 0 Å². The molecule has 0 radical (unpaired) electrons. The van der Waals surface area contributed by atoms with E-state index in [4.69, 9.17) is 4.74 Å². The summed E-state index contributed by atoms with van der Waals surface area (Å²) in [7, 11) is 0. The fourth-order valence-corrected chi connectivity index (χ4v) is 1.89. The molecule has 72 valence electrons. The van der Waals surface area contributed by atoms with E-state index in [-0.39, 0.29) is 5.92 Å². The van der Waals surface area contributed by atoms with Crippen molar-refractivity contribution < 1.29 is 9.53 Å². The fraction of sp³-hybridized carbons (Fsp3) is 0.700. The summed E-state index contributed by atoms with van der Waals surface area (Å²) in [6.45, 7) is 2.58. The topological polar surface area (TPSA) is 38.3 Å². The Kier molecular flexibility index (Phi) is 2.64. The van der Waals surface area contributed by atoms with Crippen molar-refractivity contribution in [2.75, 3.05) is 19.7 Å². The van der Waals surface area contributed by atoms with Gasteiger partial charge in [0, 0.05) is 18.0 Å². The number of carbonyl (C=O) groups is 1. The number of rotatable bonds is 2. The largest absolute Gasteiger partial charge is 0.501 e. The Morgan fingerprint density at radius 3 is 3.15 bits per heavy atom. The van der Waals surface area contributed by atoms with E-state index in [1.807, 2.05) is 0 Å². The van der Waals surface area contributed by atoms with Gasteiger partial charge in [-0.25, -0.2) is 0 Å². The van der Waals surface area contributed by atoms with Gasteiger partial charge in [-0.2, -0.15) is 0 Å². The van der Waals surface area contributed by atoms with E-state index in [1.165, 1.54) is 0 Å². The maximum atomic E-state index is 11.8. The molecule has 0 bridgehead atoms. The predicted octanol–water partition coefficient (Wildman–Crippen LogP) is 0.859. The molecule has 13 heavy (non-hydrogen) atoms. The lowest BCUT2D eigenvalue weighted by molar-refractivity contribution is -0.119. The second-order valence-electron chi connectivity index (χ2n) is 3.67. The highest BCUT2D eigenvalue weighted by atomic mass is 16.5. The number of hydrogen-bond acceptors (Lipinski definition) is 3. The van der Waals surface area contributed by atoms with Gasteiger partial charge in [-0.1, -0.05) is 0 Å². The van der Waals surface area contributed by atoms with Gasteiger partial charge in [0.25, 0.3) is 0 Å². The zero-order valence-electron chi connectivity index (χ0n) is 7.71. The Labute approximate surface area is 78.1 Å². The molecule has 1 saturated heterocycles. The minimum Gasteiger partial charge on any atom is -0.501 e. The Morgan fingerprint density at radius 2 is 2.54 bits per heavy atom. The maximum absolute atomic E-state index is 11.8. The number of Topliss-reactive ketones (excluding diaryl/α,β-unsaturated/α-hetero) is 1. The van der Waals surface area contributed by atoms with Crippen molar-refractivity contribution in [1.29, 1.82) is 0 Å². The molecule has 0 spiro atoms. The molecule has 3 nitrogen and oxygen atoms in total. The van der Waals surface area contributed by atoms with Gasteiger partial charge in [0.05, 0.1) is 12.9 Å². The van der Waals surface area contributed by atoms with E-state index in [9.17, 15) is 4.79 Å². The van der Waals surface area contributed by atoms with Crippen LogP contribution in [-0.4, -0.2) is 25.5 Å². The molecule has 1 unspecified atom stereocenters. The van der Waals surface area contributed by atoms with Crippen LogP contribution in [0.2, 0.25) is 0 Å². The minimum absolute atomic E-state index is 0.202. The quantitative estimate of drug-likeness (QED) is 0.686. The third kappa shape index (κ3) is 1.91. The second kappa shape index (κ2) is 3.92. The molecule has 0 aromatic rings. The molecule has 0 aromatic carbocycles. The monoisotopic (exact) mass is 181 g/mol. The number of carbonyl (C=O) groups excluding carboxylic acids is 1. The lowest BCUT2D eigenvalue weighted by Gasteiger charge is -2.15. The summed E-state index contributed by atoms with van der Waals surface area (Å²) in [5, 5.41) is 3.20. The number of allylic oxidation sites excluding steroid dienone is 1. The Hall–Kier alpha value is -0.830. The number of ketones is 1. The van der Waals surface area contributed by atoms with Crippen molar-refractivity contribution in [2.45, 2.75) is 19.3 Å². The number of nitrogens with one attached hydrogen (secondary N) is 1. The number of ether oxygens (including phenoxy) is 1. The first-order valence-corrected chi connectivity index (χ1v) is 4.93. The first-order valence-electron chi connectivity index (χ1n) is 4.93. The molecule has 2 aliphatic rings. The summed E-state index contributed by atoms with van der Waals surface area (Å²) in [6.07, 6.45) is 4.52. The van der Waals surface area contributed by atoms with Crippen LogP contribution in [0.25, 0.3) is 0 Å². The zero-order chi connectivity index (χ0) is 9.10. The molecule has 3 heteroatoms. The summed E-state index contributed by atoms with van der Waals surface area (Å²) in [6, 6.07) is 0. The van der Waals surface area contributed by atoms with Crippen LogP contribution in [0, 0.1) is 5.92 Å². The van der Waals surface area contributed by atoms with Gasteiger partial charge in [0.1, 0.15) is 0 Å². The van der Waals surface area contributed by atoms with Crippen molar-refractivity contribution >= 4 is 5.78 Å². The summed E-state index contributed by atoms with van der Waals surface area (Å²) in [4.78, 5) is 11.8. The van der Waals surface area contributed by atoms with Crippen LogP contribution in [0.3, 0.4) is 0 Å². The van der Waals surface area contributed by atoms with E-state index >= 15 is 0 Å². The van der Waals surface area contributed by atoms with Crippen molar-refractivity contribution in [1.82, 2.24) is 5.32 Å². The summed E-state index contributed by atoms with van der Waals surface area (Å²) >= 11 is 0. The molecule has 2 heterocycles. The normalized spacial score (nSPS) is 28.0. The molecule has 2 rings (SSSR count). The van der Waals surface area contributed by atoms with Crippen LogP contribution in [-0.2, 0) is 9.53 Å². The highest BCUT2D eigenvalue weighted by Crippen LogP contribution is 2.20.